The highest BCUT2D eigenvalue weighted by molar-refractivity contribution is 7.96. The summed E-state index contributed by atoms with van der Waals surface area (Å²) in [4.78, 5) is 13.2. The van der Waals surface area contributed by atoms with Gasteiger partial charge in [0.15, 0.2) is 0 Å². The molecule has 0 saturated heterocycles. The van der Waals surface area contributed by atoms with Gasteiger partial charge in [-0.3, -0.25) is 14.3 Å². The summed E-state index contributed by atoms with van der Waals surface area (Å²) in [5.74, 6) is 0.456. The molecule has 0 amide bonds. The molecule has 130 valence electrons. The molecule has 0 saturated carbocycles. The number of pyridine rings is 1. The topological polar surface area (TPSA) is 146 Å². The maximum Gasteiger partial charge on any atom is 0.289 e. The number of nitrogens with zero attached hydrogens (tertiary/aromatic N) is 3. The van der Waals surface area contributed by atoms with Crippen LogP contribution in [0.2, 0.25) is 5.15 Å². The summed E-state index contributed by atoms with van der Waals surface area (Å²) in [7, 11) is -6.16. The molecule has 0 aliphatic heterocycles. The largest absolute Gasteiger partial charge is 0.384 e. The number of sulfonamides is 1. The zero-order valence-electron chi connectivity index (χ0n) is 12.2. The number of nitro groups is 1. The molecule has 1 heterocycles. The molecule has 0 aliphatic rings. The quantitative estimate of drug-likeness (QED) is 0.351. The Morgan fingerprint density at radius 1 is 1.25 bits per heavy atom. The van der Waals surface area contributed by atoms with E-state index in [1.165, 1.54) is 0 Å². The van der Waals surface area contributed by atoms with Crippen LogP contribution in [0.4, 0.5) is 11.5 Å². The fraction of sp³-hybridized carbons (Fsp3) is 0.0833. The van der Waals surface area contributed by atoms with Crippen molar-refractivity contribution in [1.82, 2.24) is 4.98 Å². The van der Waals surface area contributed by atoms with E-state index in [-0.39, 0.29) is 10.6 Å². The van der Waals surface area contributed by atoms with E-state index in [9.17, 15) is 22.7 Å². The number of non-ortho nitro benzene ring substituents is 1. The van der Waals surface area contributed by atoms with Crippen molar-refractivity contribution in [2.45, 2.75) is 4.90 Å². The van der Waals surface area contributed by atoms with E-state index in [4.69, 9.17) is 17.3 Å². The summed E-state index contributed by atoms with van der Waals surface area (Å²) in [5.41, 5.74) is 5.04. The second kappa shape index (κ2) is 8.57. The first kappa shape index (κ1) is 19.8. The highest BCUT2D eigenvalue weighted by Crippen LogP contribution is 2.17. The van der Waals surface area contributed by atoms with Crippen LogP contribution in [0.25, 0.3) is 0 Å². The third kappa shape index (κ3) is 6.48. The van der Waals surface area contributed by atoms with Gasteiger partial charge >= 0.3 is 0 Å². The Labute approximate surface area is 144 Å². The van der Waals surface area contributed by atoms with E-state index in [1.54, 1.807) is 18.2 Å². The van der Waals surface area contributed by atoms with Gasteiger partial charge in [-0.25, -0.2) is 4.98 Å². The number of benzene rings is 1. The SMILES string of the molecule is C[SH](=O)=NS(=O)(=O)c1ccc([N+](=O)[O-])cc1.Nc1cccc(Cl)n1. The number of rotatable bonds is 3. The van der Waals surface area contributed by atoms with Gasteiger partial charge in [0.05, 0.1) is 9.82 Å². The zero-order valence-corrected chi connectivity index (χ0v) is 14.7. The smallest absolute Gasteiger partial charge is 0.289 e. The average molecular weight is 393 g/mol. The molecular formula is C12H13ClN4O5S2. The van der Waals surface area contributed by atoms with Crippen molar-refractivity contribution in [3.63, 3.8) is 0 Å². The van der Waals surface area contributed by atoms with Crippen LogP contribution in [0.5, 0.6) is 0 Å². The summed E-state index contributed by atoms with van der Waals surface area (Å²) in [6.07, 6.45) is 1.15. The second-order valence-electron chi connectivity index (χ2n) is 4.16. The lowest BCUT2D eigenvalue weighted by atomic mass is 10.3. The lowest BCUT2D eigenvalue weighted by Gasteiger charge is -1.96. The number of nitro benzene ring substituents is 1. The van der Waals surface area contributed by atoms with Crippen molar-refractivity contribution in [2.75, 3.05) is 12.0 Å². The predicted octanol–water partition coefficient (Wildman–Crippen LogP) is 1.90. The van der Waals surface area contributed by atoms with Crippen LogP contribution in [0.3, 0.4) is 0 Å². The second-order valence-corrected chi connectivity index (χ2v) is 7.55. The van der Waals surface area contributed by atoms with Crippen LogP contribution in [0.1, 0.15) is 0 Å². The summed E-state index contributed by atoms with van der Waals surface area (Å²) < 4.78 is 36.6. The van der Waals surface area contributed by atoms with Crippen molar-refractivity contribution < 1.29 is 17.6 Å². The van der Waals surface area contributed by atoms with Gasteiger partial charge in [-0.15, -0.1) is 3.77 Å². The van der Waals surface area contributed by atoms with Crippen molar-refractivity contribution >= 4 is 43.7 Å². The summed E-state index contributed by atoms with van der Waals surface area (Å²) in [6.45, 7) is 0. The van der Waals surface area contributed by atoms with E-state index < -0.39 is 25.5 Å². The number of hydrogen-bond acceptors (Lipinski definition) is 7. The van der Waals surface area contributed by atoms with Gasteiger partial charge in [0.25, 0.3) is 15.7 Å². The fourth-order valence-electron chi connectivity index (χ4n) is 1.36. The first-order valence-corrected chi connectivity index (χ1v) is 9.61. The number of nitrogens with two attached hydrogens (primary N) is 1. The van der Waals surface area contributed by atoms with Crippen molar-refractivity contribution in [2.24, 2.45) is 3.77 Å². The summed E-state index contributed by atoms with van der Waals surface area (Å²) in [6, 6.07) is 9.32. The summed E-state index contributed by atoms with van der Waals surface area (Å²) in [5, 5.41) is 10.8. The maximum absolute atomic E-state index is 11.4. The zero-order chi connectivity index (χ0) is 18.3. The lowest BCUT2D eigenvalue weighted by Crippen LogP contribution is -1.97. The van der Waals surface area contributed by atoms with Crippen LogP contribution >= 0.6 is 11.6 Å². The first-order chi connectivity index (χ1) is 11.1. The lowest BCUT2D eigenvalue weighted by molar-refractivity contribution is -0.384. The van der Waals surface area contributed by atoms with Crippen LogP contribution < -0.4 is 5.73 Å². The molecule has 1 unspecified atom stereocenters. The van der Waals surface area contributed by atoms with Crippen molar-refractivity contribution in [3.8, 4) is 0 Å². The Hall–Kier alpha value is -2.24. The molecule has 1 aromatic heterocycles. The standard InChI is InChI=1S/C7H8N2O5S2.C5H5ClN2/c1-15(12)8-16(13,14)7-4-2-6(3-5-7)9(10)11;6-4-2-1-3-5(7)8-4/h2-5,15H,1H3;1-3H,(H2,7,8). The van der Waals surface area contributed by atoms with Gasteiger partial charge in [-0.2, -0.15) is 8.42 Å². The van der Waals surface area contributed by atoms with E-state index in [1.807, 2.05) is 0 Å². The predicted molar refractivity (Wildman–Crippen MR) is 91.8 cm³/mol. The molecular weight excluding hydrogens is 380 g/mol. The molecule has 0 spiro atoms. The van der Waals surface area contributed by atoms with E-state index in [0.29, 0.717) is 11.0 Å². The number of nitrogen functional groups attached to an aromatic ring is 1. The van der Waals surface area contributed by atoms with Gasteiger partial charge in [-0.05, 0) is 24.3 Å². The minimum absolute atomic E-state index is 0.219. The van der Waals surface area contributed by atoms with Crippen LogP contribution in [-0.4, -0.2) is 28.8 Å². The molecule has 2 aromatic rings. The molecule has 12 heteroatoms. The minimum atomic E-state index is -3.98. The Morgan fingerprint density at radius 2 is 1.83 bits per heavy atom. The van der Waals surface area contributed by atoms with Gasteiger partial charge in [0.2, 0.25) is 0 Å². The Morgan fingerprint density at radius 3 is 2.21 bits per heavy atom. The van der Waals surface area contributed by atoms with Gasteiger partial charge in [0, 0.05) is 29.0 Å². The van der Waals surface area contributed by atoms with Crippen molar-refractivity contribution in [3.05, 3.63) is 57.7 Å². The molecule has 2 rings (SSSR count). The number of anilines is 1. The molecule has 1 aromatic carbocycles. The number of hydrogen-bond donors (Lipinski definition) is 2. The molecule has 0 aliphatic carbocycles. The molecule has 9 nitrogen and oxygen atoms in total. The third-order valence-corrected chi connectivity index (χ3v) is 5.16. The minimum Gasteiger partial charge on any atom is -0.384 e. The fourth-order valence-corrected chi connectivity index (χ4v) is 3.60. The molecule has 2 N–H and O–H groups in total. The normalized spacial score (nSPS) is 12.1. The summed E-state index contributed by atoms with van der Waals surface area (Å²) >= 11 is 5.45. The van der Waals surface area contributed by atoms with Gasteiger partial charge in [0.1, 0.15) is 11.0 Å². The van der Waals surface area contributed by atoms with Gasteiger partial charge in [-0.1, -0.05) is 17.7 Å². The van der Waals surface area contributed by atoms with E-state index in [0.717, 1.165) is 30.5 Å². The maximum atomic E-state index is 11.4. The molecule has 1 atom stereocenters. The Balaban J connectivity index is 0.000000300. The Bertz CT molecular complexity index is 892. The van der Waals surface area contributed by atoms with Gasteiger partial charge < -0.3 is 5.73 Å². The molecule has 0 bridgehead atoms. The Kier molecular flexibility index (Phi) is 7.07. The number of halogens is 1. The van der Waals surface area contributed by atoms with Crippen LogP contribution in [-0.2, 0) is 20.6 Å². The molecule has 24 heavy (non-hydrogen) atoms. The molecule has 0 fully saturated rings. The van der Waals surface area contributed by atoms with Crippen LogP contribution in [0.15, 0.2) is 51.1 Å². The average Bonchev–Trinajstić information content (AvgIpc) is 2.46. The van der Waals surface area contributed by atoms with Crippen LogP contribution in [0, 0.1) is 10.1 Å². The van der Waals surface area contributed by atoms with E-state index in [2.05, 4.69) is 8.75 Å². The number of thiol groups is 1. The van der Waals surface area contributed by atoms with E-state index >= 15 is 0 Å². The monoisotopic (exact) mass is 392 g/mol. The van der Waals surface area contributed by atoms with Crippen molar-refractivity contribution in [1.29, 1.82) is 0 Å². The first-order valence-electron chi connectivity index (χ1n) is 6.13. The molecule has 0 radical (unpaired) electrons. The number of aromatic nitrogens is 1. The highest BCUT2D eigenvalue weighted by Gasteiger charge is 2.14. The highest BCUT2D eigenvalue weighted by atomic mass is 35.5. The third-order valence-electron chi connectivity index (χ3n) is 2.30.